The van der Waals surface area contributed by atoms with Crippen molar-refractivity contribution in [1.29, 1.82) is 0 Å². The third-order valence-electron chi connectivity index (χ3n) is 2.55. The number of aryl methyl sites for hydroxylation is 1. The molecule has 6 heteroatoms. The zero-order valence-corrected chi connectivity index (χ0v) is 10.8. The standard InChI is InChI=1S/C11H16ClN3O2/c1-6-4-9(17-3)8(7(2)10(6)12)5-14-11(16)15-13/h4H,5,13H2,1-3H3,(H2,14,15,16). The molecule has 0 unspecified atom stereocenters. The van der Waals surface area contributed by atoms with Crippen molar-refractivity contribution in [3.05, 3.63) is 27.8 Å². The number of hydrogen-bond donors (Lipinski definition) is 3. The summed E-state index contributed by atoms with van der Waals surface area (Å²) in [6.45, 7) is 4.09. The van der Waals surface area contributed by atoms with Crippen LogP contribution in [0.2, 0.25) is 5.02 Å². The first-order chi connectivity index (χ1) is 8.01. The van der Waals surface area contributed by atoms with Gasteiger partial charge in [0.25, 0.3) is 0 Å². The second kappa shape index (κ2) is 5.75. The number of nitrogens with two attached hydrogens (primary N) is 1. The highest BCUT2D eigenvalue weighted by Gasteiger charge is 2.13. The molecule has 1 aromatic carbocycles. The number of methoxy groups -OCH3 is 1. The van der Waals surface area contributed by atoms with Gasteiger partial charge in [-0.2, -0.15) is 0 Å². The number of hydrogen-bond acceptors (Lipinski definition) is 3. The first-order valence-electron chi connectivity index (χ1n) is 5.08. The highest BCUT2D eigenvalue weighted by atomic mass is 35.5. The molecule has 0 aliphatic carbocycles. The predicted octanol–water partition coefficient (Wildman–Crippen LogP) is 1.64. The van der Waals surface area contributed by atoms with E-state index in [-0.39, 0.29) is 0 Å². The van der Waals surface area contributed by atoms with Gasteiger partial charge in [-0.3, -0.25) is 5.43 Å². The molecule has 0 bridgehead atoms. The summed E-state index contributed by atoms with van der Waals surface area (Å²) in [5.41, 5.74) is 4.66. The van der Waals surface area contributed by atoms with Gasteiger partial charge in [-0.05, 0) is 31.0 Å². The summed E-state index contributed by atoms with van der Waals surface area (Å²) >= 11 is 6.15. The van der Waals surface area contributed by atoms with Gasteiger partial charge in [0.15, 0.2) is 0 Å². The molecule has 0 atom stereocenters. The van der Waals surface area contributed by atoms with Crippen LogP contribution in [0.5, 0.6) is 5.75 Å². The largest absolute Gasteiger partial charge is 0.496 e. The first kappa shape index (κ1) is 13.6. The summed E-state index contributed by atoms with van der Waals surface area (Å²) in [7, 11) is 1.58. The molecule has 0 saturated carbocycles. The monoisotopic (exact) mass is 257 g/mol. The van der Waals surface area contributed by atoms with Crippen molar-refractivity contribution >= 4 is 17.6 Å². The highest BCUT2D eigenvalue weighted by Crippen LogP contribution is 2.31. The van der Waals surface area contributed by atoms with Crippen LogP contribution in [0, 0.1) is 13.8 Å². The molecule has 0 fully saturated rings. The van der Waals surface area contributed by atoms with Gasteiger partial charge >= 0.3 is 6.03 Å². The molecule has 0 aliphatic heterocycles. The summed E-state index contributed by atoms with van der Waals surface area (Å²) in [5.74, 6) is 5.68. The lowest BCUT2D eigenvalue weighted by molar-refractivity contribution is 0.240. The second-order valence-corrected chi connectivity index (χ2v) is 4.02. The lowest BCUT2D eigenvalue weighted by atomic mass is 10.0. The van der Waals surface area contributed by atoms with Crippen molar-refractivity contribution in [2.45, 2.75) is 20.4 Å². The lowest BCUT2D eigenvalue weighted by Crippen LogP contribution is -2.39. The van der Waals surface area contributed by atoms with Gasteiger partial charge in [0, 0.05) is 17.1 Å². The third-order valence-corrected chi connectivity index (χ3v) is 3.13. The number of carbonyl (C=O) groups excluding carboxylic acids is 1. The number of benzene rings is 1. The van der Waals surface area contributed by atoms with E-state index in [9.17, 15) is 4.79 Å². The van der Waals surface area contributed by atoms with Crippen LogP contribution in [0.3, 0.4) is 0 Å². The minimum Gasteiger partial charge on any atom is -0.496 e. The molecule has 0 saturated heterocycles. The summed E-state index contributed by atoms with van der Waals surface area (Å²) in [5, 5.41) is 3.27. The van der Waals surface area contributed by atoms with Gasteiger partial charge in [0.1, 0.15) is 5.75 Å². The van der Waals surface area contributed by atoms with E-state index < -0.39 is 6.03 Å². The zero-order chi connectivity index (χ0) is 13.0. The average Bonchev–Trinajstić information content (AvgIpc) is 2.33. The number of carbonyl (C=O) groups is 1. The Morgan fingerprint density at radius 3 is 2.71 bits per heavy atom. The van der Waals surface area contributed by atoms with E-state index in [4.69, 9.17) is 22.2 Å². The molecule has 0 aliphatic rings. The Hall–Kier alpha value is -1.46. The SMILES string of the molecule is COc1cc(C)c(Cl)c(C)c1CNC(=O)NN. The molecule has 2 amide bonds. The van der Waals surface area contributed by atoms with Crippen molar-refractivity contribution in [2.24, 2.45) is 5.84 Å². The molecule has 0 aromatic heterocycles. The van der Waals surface area contributed by atoms with Crippen LogP contribution < -0.4 is 21.3 Å². The molecular weight excluding hydrogens is 242 g/mol. The summed E-state index contributed by atoms with van der Waals surface area (Å²) < 4.78 is 5.27. The number of nitrogens with one attached hydrogen (secondary N) is 2. The van der Waals surface area contributed by atoms with Gasteiger partial charge in [-0.15, -0.1) is 0 Å². The van der Waals surface area contributed by atoms with E-state index in [2.05, 4.69) is 5.32 Å². The van der Waals surface area contributed by atoms with Gasteiger partial charge in [0.05, 0.1) is 7.11 Å². The van der Waals surface area contributed by atoms with E-state index in [1.165, 1.54) is 0 Å². The summed E-state index contributed by atoms with van der Waals surface area (Å²) in [6.07, 6.45) is 0. The zero-order valence-electron chi connectivity index (χ0n) is 10.1. The molecule has 0 heterocycles. The van der Waals surface area contributed by atoms with Crippen LogP contribution in [0.1, 0.15) is 16.7 Å². The topological polar surface area (TPSA) is 76.4 Å². The maximum absolute atomic E-state index is 11.0. The number of urea groups is 1. The Bertz CT molecular complexity index is 435. The van der Waals surface area contributed by atoms with E-state index >= 15 is 0 Å². The average molecular weight is 258 g/mol. The summed E-state index contributed by atoms with van der Waals surface area (Å²) in [6, 6.07) is 1.38. The highest BCUT2D eigenvalue weighted by molar-refractivity contribution is 6.32. The first-order valence-corrected chi connectivity index (χ1v) is 5.46. The number of hydrazine groups is 1. The maximum Gasteiger partial charge on any atom is 0.329 e. The molecular formula is C11H16ClN3O2. The number of ether oxygens (including phenoxy) is 1. The molecule has 0 spiro atoms. The quantitative estimate of drug-likeness (QED) is 0.438. The van der Waals surface area contributed by atoms with Gasteiger partial charge in [-0.1, -0.05) is 11.6 Å². The van der Waals surface area contributed by atoms with Crippen molar-refractivity contribution in [3.63, 3.8) is 0 Å². The second-order valence-electron chi connectivity index (χ2n) is 3.64. The fourth-order valence-electron chi connectivity index (χ4n) is 1.58. The molecule has 5 nitrogen and oxygen atoms in total. The number of amides is 2. The Morgan fingerprint density at radius 1 is 1.53 bits per heavy atom. The van der Waals surface area contributed by atoms with Crippen LogP contribution >= 0.6 is 11.6 Å². The molecule has 4 N–H and O–H groups in total. The number of halogens is 1. The van der Waals surface area contributed by atoms with Crippen molar-refractivity contribution in [2.75, 3.05) is 7.11 Å². The minimum atomic E-state index is -0.455. The normalized spacial score (nSPS) is 9.94. The third kappa shape index (κ3) is 3.01. The maximum atomic E-state index is 11.0. The van der Waals surface area contributed by atoms with Crippen LogP contribution in [-0.2, 0) is 6.54 Å². The molecule has 94 valence electrons. The van der Waals surface area contributed by atoms with Crippen molar-refractivity contribution in [3.8, 4) is 5.75 Å². The van der Waals surface area contributed by atoms with Crippen LogP contribution in [0.4, 0.5) is 4.79 Å². The molecule has 0 radical (unpaired) electrons. The molecule has 17 heavy (non-hydrogen) atoms. The van der Waals surface area contributed by atoms with Crippen molar-refractivity contribution in [1.82, 2.24) is 10.7 Å². The van der Waals surface area contributed by atoms with Crippen LogP contribution in [-0.4, -0.2) is 13.1 Å². The number of rotatable bonds is 3. The Balaban J connectivity index is 3.04. The van der Waals surface area contributed by atoms with Crippen molar-refractivity contribution < 1.29 is 9.53 Å². The Labute approximate surface area is 105 Å². The Kier molecular flexibility index (Phi) is 4.60. The van der Waals surface area contributed by atoms with Crippen LogP contribution in [0.25, 0.3) is 0 Å². The summed E-state index contributed by atoms with van der Waals surface area (Å²) in [4.78, 5) is 11.0. The fourth-order valence-corrected chi connectivity index (χ4v) is 1.75. The Morgan fingerprint density at radius 2 is 2.18 bits per heavy atom. The van der Waals surface area contributed by atoms with Crippen LogP contribution in [0.15, 0.2) is 6.07 Å². The van der Waals surface area contributed by atoms with Gasteiger partial charge in [0.2, 0.25) is 0 Å². The van der Waals surface area contributed by atoms with E-state index in [1.54, 1.807) is 7.11 Å². The van der Waals surface area contributed by atoms with E-state index in [0.29, 0.717) is 17.3 Å². The predicted molar refractivity (Wildman–Crippen MR) is 67.0 cm³/mol. The smallest absolute Gasteiger partial charge is 0.329 e. The van der Waals surface area contributed by atoms with Gasteiger partial charge in [-0.25, -0.2) is 10.6 Å². The van der Waals surface area contributed by atoms with E-state index in [1.807, 2.05) is 25.3 Å². The van der Waals surface area contributed by atoms with E-state index in [0.717, 1.165) is 16.7 Å². The molecule has 1 aromatic rings. The minimum absolute atomic E-state index is 0.304. The molecule has 1 rings (SSSR count). The lowest BCUT2D eigenvalue weighted by Gasteiger charge is -2.15. The fraction of sp³-hybridized carbons (Fsp3) is 0.364. The van der Waals surface area contributed by atoms with Gasteiger partial charge < -0.3 is 10.1 Å².